The molecular weight excluding hydrogens is 396 g/mol. The minimum absolute atomic E-state index is 0.0249. The molecule has 0 radical (unpaired) electrons. The van der Waals surface area contributed by atoms with E-state index in [9.17, 15) is 5.11 Å². The number of nitriles is 1. The summed E-state index contributed by atoms with van der Waals surface area (Å²) in [6.07, 6.45) is 4.93. The number of hydrogen-bond acceptors (Lipinski definition) is 4. The summed E-state index contributed by atoms with van der Waals surface area (Å²) in [5, 5.41) is 19.3. The second-order valence-corrected chi connectivity index (χ2v) is 9.29. The van der Waals surface area contributed by atoms with E-state index in [1.807, 2.05) is 37.4 Å². The van der Waals surface area contributed by atoms with Crippen LogP contribution in [0.5, 0.6) is 0 Å². The molecule has 0 bridgehead atoms. The number of hydrogen-bond donors (Lipinski definition) is 1. The summed E-state index contributed by atoms with van der Waals surface area (Å²) in [5.74, 6) is 1.01. The molecule has 0 amide bonds. The van der Waals surface area contributed by atoms with Gasteiger partial charge in [-0.3, -0.25) is 4.90 Å². The Hall–Kier alpha value is -2.94. The van der Waals surface area contributed by atoms with Crippen molar-refractivity contribution in [2.45, 2.75) is 46.2 Å². The van der Waals surface area contributed by atoms with Crippen LogP contribution in [-0.2, 0) is 19.5 Å². The Bertz CT molecular complexity index is 1090. The molecule has 1 N–H and O–H groups in total. The lowest BCUT2D eigenvalue weighted by molar-refractivity contribution is 0.0406. The van der Waals surface area contributed by atoms with E-state index in [4.69, 9.17) is 5.26 Å². The number of aromatic nitrogens is 2. The largest absolute Gasteiger partial charge is 0.396 e. The lowest BCUT2D eigenvalue weighted by Crippen LogP contribution is -2.43. The monoisotopic (exact) mass is 428 g/mol. The summed E-state index contributed by atoms with van der Waals surface area (Å²) in [6.45, 7) is 7.99. The van der Waals surface area contributed by atoms with Crippen LogP contribution in [0.15, 0.2) is 54.7 Å². The molecule has 32 heavy (non-hydrogen) atoms. The Kier molecular flexibility index (Phi) is 6.74. The molecule has 2 heterocycles. The number of aliphatic hydroxyl groups excluding tert-OH is 1. The highest BCUT2D eigenvalue weighted by Crippen LogP contribution is 2.35. The summed E-state index contributed by atoms with van der Waals surface area (Å²) in [7, 11) is 0. The summed E-state index contributed by atoms with van der Waals surface area (Å²) >= 11 is 0. The average Bonchev–Trinajstić information content (AvgIpc) is 3.14. The van der Waals surface area contributed by atoms with Crippen LogP contribution in [-0.4, -0.2) is 39.3 Å². The first kappa shape index (κ1) is 22.3. The van der Waals surface area contributed by atoms with Crippen LogP contribution < -0.4 is 0 Å². The second kappa shape index (κ2) is 9.68. The van der Waals surface area contributed by atoms with Crippen molar-refractivity contribution >= 4 is 0 Å². The van der Waals surface area contributed by atoms with E-state index < -0.39 is 0 Å². The van der Waals surface area contributed by atoms with Crippen molar-refractivity contribution in [2.75, 3.05) is 19.7 Å². The van der Waals surface area contributed by atoms with E-state index in [1.165, 1.54) is 22.4 Å². The fraction of sp³-hybridized carbons (Fsp3) is 0.407. The molecule has 0 spiro atoms. The first-order chi connectivity index (χ1) is 15.5. The van der Waals surface area contributed by atoms with Gasteiger partial charge < -0.3 is 9.67 Å². The van der Waals surface area contributed by atoms with E-state index in [1.54, 1.807) is 0 Å². The molecule has 0 saturated carbocycles. The summed E-state index contributed by atoms with van der Waals surface area (Å²) < 4.78 is 2.27. The molecule has 0 unspecified atom stereocenters. The third-order valence-electron chi connectivity index (χ3n) is 6.86. The fourth-order valence-electron chi connectivity index (χ4n) is 4.79. The molecule has 0 aliphatic carbocycles. The number of piperidine rings is 1. The summed E-state index contributed by atoms with van der Waals surface area (Å²) in [6, 6.07) is 18.6. The predicted molar refractivity (Wildman–Crippen MR) is 126 cm³/mol. The fourth-order valence-corrected chi connectivity index (χ4v) is 4.79. The lowest BCUT2D eigenvalue weighted by atomic mass is 9.74. The zero-order valence-corrected chi connectivity index (χ0v) is 19.1. The van der Waals surface area contributed by atoms with Gasteiger partial charge >= 0.3 is 0 Å². The van der Waals surface area contributed by atoms with Crippen molar-refractivity contribution in [2.24, 2.45) is 5.41 Å². The Morgan fingerprint density at radius 1 is 1.03 bits per heavy atom. The minimum Gasteiger partial charge on any atom is -0.396 e. The quantitative estimate of drug-likeness (QED) is 0.611. The van der Waals surface area contributed by atoms with Crippen molar-refractivity contribution in [1.29, 1.82) is 5.26 Å². The molecule has 1 saturated heterocycles. The molecule has 3 aromatic rings. The average molecular weight is 429 g/mol. The number of imidazole rings is 1. The van der Waals surface area contributed by atoms with Gasteiger partial charge in [0.15, 0.2) is 0 Å². The number of likely N-dealkylation sites (tertiary alicyclic amines) is 1. The number of benzene rings is 2. The smallest absolute Gasteiger partial charge is 0.106 e. The van der Waals surface area contributed by atoms with Crippen LogP contribution >= 0.6 is 0 Å². The Balaban J connectivity index is 1.40. The molecule has 1 aliphatic heterocycles. The van der Waals surface area contributed by atoms with E-state index >= 15 is 0 Å². The highest BCUT2D eigenvalue weighted by Gasteiger charge is 2.34. The zero-order valence-electron chi connectivity index (χ0n) is 19.1. The molecule has 2 aromatic carbocycles. The van der Waals surface area contributed by atoms with E-state index in [0.717, 1.165) is 51.3 Å². The third kappa shape index (κ3) is 5.09. The molecule has 1 fully saturated rings. The molecular formula is C27H32N4O. The number of nitrogens with zero attached hydrogens (tertiary/aromatic N) is 4. The van der Waals surface area contributed by atoms with Gasteiger partial charge in [0, 0.05) is 25.9 Å². The van der Waals surface area contributed by atoms with Gasteiger partial charge in [0.1, 0.15) is 5.82 Å². The molecule has 5 heteroatoms. The van der Waals surface area contributed by atoms with Crippen molar-refractivity contribution in [3.05, 3.63) is 88.5 Å². The van der Waals surface area contributed by atoms with Crippen molar-refractivity contribution in [3.8, 4) is 6.07 Å². The second-order valence-electron chi connectivity index (χ2n) is 9.29. The van der Waals surface area contributed by atoms with Crippen molar-refractivity contribution in [3.63, 3.8) is 0 Å². The predicted octanol–water partition coefficient (Wildman–Crippen LogP) is 4.24. The normalized spacial score (nSPS) is 16.1. The maximum Gasteiger partial charge on any atom is 0.106 e. The highest BCUT2D eigenvalue weighted by atomic mass is 16.3. The van der Waals surface area contributed by atoms with Gasteiger partial charge in [-0.25, -0.2) is 4.98 Å². The summed E-state index contributed by atoms with van der Waals surface area (Å²) in [5.41, 5.74) is 5.64. The van der Waals surface area contributed by atoms with Gasteiger partial charge in [-0.1, -0.05) is 42.0 Å². The molecule has 1 aromatic heterocycles. The maximum atomic E-state index is 10.2. The first-order valence-electron chi connectivity index (χ1n) is 11.4. The van der Waals surface area contributed by atoms with Crippen molar-refractivity contribution < 1.29 is 5.11 Å². The van der Waals surface area contributed by atoms with Gasteiger partial charge in [0.2, 0.25) is 0 Å². The first-order valence-corrected chi connectivity index (χ1v) is 11.4. The molecule has 0 atom stereocenters. The number of aryl methyl sites for hydroxylation is 2. The van der Waals surface area contributed by atoms with Crippen LogP contribution in [0.25, 0.3) is 0 Å². The van der Waals surface area contributed by atoms with Crippen molar-refractivity contribution in [1.82, 2.24) is 14.5 Å². The van der Waals surface area contributed by atoms with Gasteiger partial charge in [-0.05, 0) is 74.9 Å². The van der Waals surface area contributed by atoms with Gasteiger partial charge in [0.05, 0.1) is 17.3 Å². The Morgan fingerprint density at radius 3 is 2.44 bits per heavy atom. The Morgan fingerprint density at radius 2 is 1.78 bits per heavy atom. The standard InChI is InChI=1S/C27H32N4O/c1-21-4-3-5-25(14-21)15-27(20-32)10-12-30(13-11-27)19-26-17-29-22(2)31(26)18-24-8-6-23(16-28)7-9-24/h3-9,14,17,32H,10-13,15,18-20H2,1-2H3. The zero-order chi connectivity index (χ0) is 22.6. The Labute approximate surface area is 191 Å². The maximum absolute atomic E-state index is 10.2. The third-order valence-corrected chi connectivity index (χ3v) is 6.86. The van der Waals surface area contributed by atoms with E-state index in [-0.39, 0.29) is 12.0 Å². The number of aliphatic hydroxyl groups is 1. The molecule has 4 rings (SSSR count). The van der Waals surface area contributed by atoms with Gasteiger partial charge in [-0.15, -0.1) is 0 Å². The van der Waals surface area contributed by atoms with Crippen LogP contribution in [0.3, 0.4) is 0 Å². The van der Waals surface area contributed by atoms with Gasteiger partial charge in [-0.2, -0.15) is 5.26 Å². The van der Waals surface area contributed by atoms with Crippen LogP contribution in [0.2, 0.25) is 0 Å². The van der Waals surface area contributed by atoms with E-state index in [2.05, 4.69) is 51.7 Å². The van der Waals surface area contributed by atoms with Crippen LogP contribution in [0, 0.1) is 30.6 Å². The van der Waals surface area contributed by atoms with Gasteiger partial charge in [0.25, 0.3) is 0 Å². The summed E-state index contributed by atoms with van der Waals surface area (Å²) in [4.78, 5) is 7.05. The molecule has 166 valence electrons. The molecule has 1 aliphatic rings. The van der Waals surface area contributed by atoms with Crippen LogP contribution in [0.4, 0.5) is 0 Å². The van der Waals surface area contributed by atoms with E-state index in [0.29, 0.717) is 5.56 Å². The lowest BCUT2D eigenvalue weighted by Gasteiger charge is -2.41. The number of rotatable bonds is 7. The van der Waals surface area contributed by atoms with Crippen LogP contribution in [0.1, 0.15) is 46.6 Å². The SMILES string of the molecule is Cc1cccc(CC2(CO)CCN(Cc3cnc(C)n3Cc3ccc(C#N)cc3)CC2)c1. The minimum atomic E-state index is -0.0249. The highest BCUT2D eigenvalue weighted by molar-refractivity contribution is 5.32. The topological polar surface area (TPSA) is 65.1 Å². The molecule has 5 nitrogen and oxygen atoms in total.